The molecule has 0 aliphatic carbocycles. The number of carbonyl (C=O) groups excluding carboxylic acids is 2. The molecule has 2 amide bonds. The molecule has 0 saturated carbocycles. The molecule has 1 aromatic carbocycles. The van der Waals surface area contributed by atoms with E-state index in [2.05, 4.69) is 15.4 Å². The van der Waals surface area contributed by atoms with Gasteiger partial charge in [-0.2, -0.15) is 5.10 Å². The Labute approximate surface area is 212 Å². The van der Waals surface area contributed by atoms with Gasteiger partial charge in [0.05, 0.1) is 18.0 Å². The summed E-state index contributed by atoms with van der Waals surface area (Å²) in [6.45, 7) is 12.1. The van der Waals surface area contributed by atoms with Gasteiger partial charge in [-0.1, -0.05) is 52.0 Å². The molecule has 36 heavy (non-hydrogen) atoms. The van der Waals surface area contributed by atoms with Gasteiger partial charge in [0, 0.05) is 31.3 Å². The maximum absolute atomic E-state index is 13.5. The number of amides is 2. The number of likely N-dealkylation sites (tertiary alicyclic amines) is 1. The number of aliphatic hydroxyl groups is 1. The number of nitrogens with one attached hydrogen (secondary N) is 1. The van der Waals surface area contributed by atoms with E-state index in [4.69, 9.17) is 4.42 Å². The summed E-state index contributed by atoms with van der Waals surface area (Å²) in [7, 11) is 0. The van der Waals surface area contributed by atoms with E-state index < -0.39 is 18.2 Å². The second kappa shape index (κ2) is 12.0. The van der Waals surface area contributed by atoms with E-state index in [1.807, 2.05) is 72.0 Å². The number of aromatic nitrogens is 3. The Bertz CT molecular complexity index is 1150. The van der Waals surface area contributed by atoms with Gasteiger partial charge < -0.3 is 19.7 Å². The number of aliphatic hydroxyl groups excluding tert-OH is 1. The van der Waals surface area contributed by atoms with E-state index in [1.165, 1.54) is 11.3 Å². The number of nitrogens with zero attached hydrogens (tertiary/aromatic N) is 4. The summed E-state index contributed by atoms with van der Waals surface area (Å²) < 4.78 is 7.07. The lowest BCUT2D eigenvalue weighted by Crippen LogP contribution is -2.49. The largest absolute Gasteiger partial charge is 0.443 e. The van der Waals surface area contributed by atoms with Gasteiger partial charge in [0.2, 0.25) is 11.8 Å². The van der Waals surface area contributed by atoms with E-state index in [0.29, 0.717) is 6.54 Å². The quantitative estimate of drug-likeness (QED) is 0.517. The van der Waals surface area contributed by atoms with Crippen molar-refractivity contribution in [1.29, 1.82) is 0 Å². The molecular formula is C27H37N5O4. The lowest BCUT2D eigenvalue weighted by molar-refractivity contribution is -0.142. The molecule has 2 aromatic heterocycles. The van der Waals surface area contributed by atoms with E-state index in [-0.39, 0.29) is 30.7 Å². The van der Waals surface area contributed by atoms with Crippen LogP contribution in [0.4, 0.5) is 0 Å². The molecule has 0 radical (unpaired) electrons. The zero-order chi connectivity index (χ0) is 26.4. The van der Waals surface area contributed by atoms with Crippen molar-refractivity contribution in [2.75, 3.05) is 6.54 Å². The van der Waals surface area contributed by atoms with E-state index in [9.17, 15) is 14.7 Å². The minimum atomic E-state index is -0.740. The summed E-state index contributed by atoms with van der Waals surface area (Å²) in [4.78, 5) is 32.1. The van der Waals surface area contributed by atoms with Gasteiger partial charge in [-0.05, 0) is 30.9 Å². The number of rotatable bonds is 7. The van der Waals surface area contributed by atoms with Crippen LogP contribution in [0.1, 0.15) is 57.0 Å². The van der Waals surface area contributed by atoms with Crippen LogP contribution in [0.2, 0.25) is 0 Å². The topological polar surface area (TPSA) is 113 Å². The smallest absolute Gasteiger partial charge is 0.248 e. The molecule has 1 aliphatic heterocycles. The van der Waals surface area contributed by atoms with E-state index in [0.717, 1.165) is 28.1 Å². The summed E-state index contributed by atoms with van der Waals surface area (Å²) in [5.74, 6) is 0.206. The standard InChI is InChI=1S/C25H31N5O4.C2H6/c1-15(2)22(30-12-16(3)10-28-30)25(33)29-13-20(31)9-21(29)24(32)26-11-18-5-7-19(8-6-18)23-17(4)27-14-34-23;1-2/h5-8,10,12,14-15,20-22,31H,9,11,13H2,1-4H3,(H,26,32);1-2H3. The molecule has 0 spiro atoms. The third kappa shape index (κ3) is 6.02. The zero-order valence-electron chi connectivity index (χ0n) is 21.9. The first-order valence-corrected chi connectivity index (χ1v) is 12.5. The molecule has 194 valence electrons. The summed E-state index contributed by atoms with van der Waals surface area (Å²) in [5, 5.41) is 17.5. The van der Waals surface area contributed by atoms with Gasteiger partial charge in [0.25, 0.3) is 0 Å². The Hall–Kier alpha value is -3.46. The Morgan fingerprint density at radius 2 is 1.89 bits per heavy atom. The second-order valence-corrected chi connectivity index (χ2v) is 9.26. The predicted octanol–water partition coefficient (Wildman–Crippen LogP) is 3.66. The molecule has 1 aliphatic rings. The number of hydrogen-bond donors (Lipinski definition) is 2. The highest BCUT2D eigenvalue weighted by Crippen LogP contribution is 2.27. The molecule has 9 nitrogen and oxygen atoms in total. The van der Waals surface area contributed by atoms with Crippen LogP contribution in [0, 0.1) is 19.8 Å². The number of oxazole rings is 1. The fourth-order valence-corrected chi connectivity index (χ4v) is 4.42. The first-order chi connectivity index (χ1) is 17.2. The lowest BCUT2D eigenvalue weighted by Gasteiger charge is -2.30. The first kappa shape index (κ1) is 27.1. The molecule has 3 atom stereocenters. The number of aryl methyl sites for hydroxylation is 2. The van der Waals surface area contributed by atoms with Crippen molar-refractivity contribution >= 4 is 11.8 Å². The Morgan fingerprint density at radius 3 is 2.44 bits per heavy atom. The van der Waals surface area contributed by atoms with Crippen molar-refractivity contribution in [1.82, 2.24) is 25.0 Å². The molecule has 3 unspecified atom stereocenters. The first-order valence-electron chi connectivity index (χ1n) is 12.5. The van der Waals surface area contributed by atoms with E-state index in [1.54, 1.807) is 10.9 Å². The fraction of sp³-hybridized carbons (Fsp3) is 0.481. The number of hydrogen-bond acceptors (Lipinski definition) is 6. The highest BCUT2D eigenvalue weighted by atomic mass is 16.3. The fourth-order valence-electron chi connectivity index (χ4n) is 4.42. The normalized spacial score (nSPS) is 18.1. The molecule has 4 rings (SSSR count). The molecule has 9 heteroatoms. The number of benzene rings is 1. The number of β-amino-alcohol motifs (C(OH)–C–C–N with tert-alkyl or cyclic N) is 1. The van der Waals surface area contributed by atoms with Gasteiger partial charge in [-0.25, -0.2) is 4.98 Å². The third-order valence-corrected chi connectivity index (χ3v) is 6.19. The predicted molar refractivity (Wildman–Crippen MR) is 137 cm³/mol. The van der Waals surface area contributed by atoms with Crippen molar-refractivity contribution in [2.45, 2.75) is 72.7 Å². The molecule has 3 aromatic rings. The zero-order valence-corrected chi connectivity index (χ0v) is 21.9. The summed E-state index contributed by atoms with van der Waals surface area (Å²) in [6, 6.07) is 6.41. The third-order valence-electron chi connectivity index (χ3n) is 6.19. The molecule has 1 saturated heterocycles. The summed E-state index contributed by atoms with van der Waals surface area (Å²) >= 11 is 0. The van der Waals surface area contributed by atoms with Crippen LogP contribution in [-0.4, -0.2) is 55.3 Å². The molecule has 0 bridgehead atoms. The minimum absolute atomic E-state index is 0.0280. The SMILES string of the molecule is CC.Cc1cnn(C(C(=O)N2CC(O)CC2C(=O)NCc2ccc(-c3ocnc3C)cc2)C(C)C)c1. The molecular weight excluding hydrogens is 458 g/mol. The van der Waals surface area contributed by atoms with E-state index >= 15 is 0 Å². The molecule has 2 N–H and O–H groups in total. The monoisotopic (exact) mass is 495 g/mol. The van der Waals surface area contributed by atoms with Gasteiger partial charge >= 0.3 is 0 Å². The van der Waals surface area contributed by atoms with Crippen LogP contribution in [-0.2, 0) is 16.1 Å². The number of carbonyl (C=O) groups is 2. The maximum atomic E-state index is 13.5. The van der Waals surface area contributed by atoms with Crippen molar-refractivity contribution in [3.8, 4) is 11.3 Å². The minimum Gasteiger partial charge on any atom is -0.443 e. The van der Waals surface area contributed by atoms with Gasteiger partial charge in [0.15, 0.2) is 12.2 Å². The Balaban J connectivity index is 0.00000176. The van der Waals surface area contributed by atoms with Crippen molar-refractivity contribution in [3.63, 3.8) is 0 Å². The van der Waals surface area contributed by atoms with Gasteiger partial charge in [0.1, 0.15) is 12.1 Å². The lowest BCUT2D eigenvalue weighted by atomic mass is 10.0. The second-order valence-electron chi connectivity index (χ2n) is 9.26. The Morgan fingerprint density at radius 1 is 1.19 bits per heavy atom. The highest BCUT2D eigenvalue weighted by molar-refractivity contribution is 5.90. The van der Waals surface area contributed by atoms with Crippen LogP contribution in [0.5, 0.6) is 0 Å². The van der Waals surface area contributed by atoms with Crippen LogP contribution < -0.4 is 5.32 Å². The highest BCUT2D eigenvalue weighted by Gasteiger charge is 2.42. The van der Waals surface area contributed by atoms with Crippen LogP contribution in [0.3, 0.4) is 0 Å². The van der Waals surface area contributed by atoms with Gasteiger partial charge in [-0.15, -0.1) is 0 Å². The van der Waals surface area contributed by atoms with Gasteiger partial charge in [-0.3, -0.25) is 14.3 Å². The van der Waals surface area contributed by atoms with Crippen LogP contribution in [0.25, 0.3) is 11.3 Å². The van der Waals surface area contributed by atoms with Crippen molar-refractivity contribution < 1.29 is 19.1 Å². The average Bonchev–Trinajstić information content (AvgIpc) is 3.59. The van der Waals surface area contributed by atoms with Crippen LogP contribution in [0.15, 0.2) is 47.5 Å². The maximum Gasteiger partial charge on any atom is 0.248 e. The Kier molecular flexibility index (Phi) is 9.03. The van der Waals surface area contributed by atoms with Crippen molar-refractivity contribution in [3.05, 3.63) is 59.9 Å². The van der Waals surface area contributed by atoms with Crippen molar-refractivity contribution in [2.24, 2.45) is 5.92 Å². The molecule has 1 fully saturated rings. The van der Waals surface area contributed by atoms with Crippen LogP contribution >= 0.6 is 0 Å². The summed E-state index contributed by atoms with van der Waals surface area (Å²) in [6.07, 6.45) is 4.43. The average molecular weight is 496 g/mol. The molecule has 3 heterocycles. The summed E-state index contributed by atoms with van der Waals surface area (Å²) in [5.41, 5.74) is 3.60.